The zero-order valence-electron chi connectivity index (χ0n) is 22.4. The van der Waals surface area contributed by atoms with E-state index < -0.39 is 52.4 Å². The molecule has 218 valence electrons. The summed E-state index contributed by atoms with van der Waals surface area (Å²) in [5, 5.41) is 15.7. The largest absolute Gasteiger partial charge is 0.504 e. The number of aromatic hydroxyl groups is 1. The number of likely N-dealkylation sites (tertiary alicyclic amines) is 1. The van der Waals surface area contributed by atoms with Crippen LogP contribution in [0, 0.1) is 11.6 Å². The summed E-state index contributed by atoms with van der Waals surface area (Å²) in [5.41, 5.74) is 4.58. The molecule has 12 nitrogen and oxygen atoms in total. The van der Waals surface area contributed by atoms with Crippen molar-refractivity contribution < 1.29 is 23.5 Å². The monoisotopic (exact) mass is 598 g/mol. The molecule has 0 unspecified atom stereocenters. The van der Waals surface area contributed by atoms with Crippen LogP contribution in [0.4, 0.5) is 20.3 Å². The summed E-state index contributed by atoms with van der Waals surface area (Å²) >= 11 is 6.27. The van der Waals surface area contributed by atoms with E-state index in [2.05, 4.69) is 25.5 Å². The number of fused-ring (bicyclic) bond motifs is 1. The van der Waals surface area contributed by atoms with E-state index in [9.17, 15) is 23.9 Å². The van der Waals surface area contributed by atoms with Crippen LogP contribution < -0.4 is 21.9 Å². The van der Waals surface area contributed by atoms with Crippen LogP contribution in [0.15, 0.2) is 47.5 Å². The Labute approximate surface area is 242 Å². The number of benzene rings is 1. The van der Waals surface area contributed by atoms with Gasteiger partial charge in [0, 0.05) is 55.9 Å². The number of halogens is 3. The predicted molar refractivity (Wildman–Crippen MR) is 152 cm³/mol. The molecule has 5 rings (SSSR count). The van der Waals surface area contributed by atoms with Gasteiger partial charge in [-0.15, -0.1) is 0 Å². The summed E-state index contributed by atoms with van der Waals surface area (Å²) in [6.45, 7) is 0.554. The fraction of sp³-hybridized carbons (Fsp3) is 0.222. The number of rotatable bonds is 7. The number of carbonyl (C=O) groups excluding carboxylic acids is 2. The lowest BCUT2D eigenvalue weighted by atomic mass is 10.0. The van der Waals surface area contributed by atoms with Crippen LogP contribution >= 0.6 is 11.6 Å². The van der Waals surface area contributed by atoms with Gasteiger partial charge >= 0.3 is 0 Å². The third kappa shape index (κ3) is 5.23. The molecule has 2 amide bonds. The number of nitrogens with zero attached hydrogens (tertiary/aromatic N) is 5. The number of anilines is 2. The Hall–Kier alpha value is -4.98. The number of aryl methyl sites for hydroxylation is 1. The summed E-state index contributed by atoms with van der Waals surface area (Å²) < 4.78 is 32.0. The first kappa shape index (κ1) is 28.5. The normalized spacial score (nSPS) is 14.1. The number of primary amides is 1. The standard InChI is InChI=1S/C27H25ClF2N8O4/c1-36-5-3-4-13(36)8-32-19-7-18(17(28)9-33-19)35-20(39)11-38-10-16(21-26(38)34-12-37(2)27(21)42)14-6-15(25(31)41)24(40)23(30)22(14)29/h6-10,12,40H,3-5,11H2,1-2H3,(H2,31,41)(H2,32,33,35,39)/b13-8+. The molecule has 15 heteroatoms. The molecule has 42 heavy (non-hydrogen) atoms. The molecular formula is C27H25ClF2N8O4. The number of phenols is 1. The van der Waals surface area contributed by atoms with Gasteiger partial charge in [0.05, 0.1) is 34.2 Å². The van der Waals surface area contributed by atoms with E-state index in [1.807, 2.05) is 13.2 Å². The summed E-state index contributed by atoms with van der Waals surface area (Å²) in [6, 6.07) is 2.39. The fourth-order valence-corrected chi connectivity index (χ4v) is 4.87. The number of aromatic nitrogens is 4. The zero-order chi connectivity index (χ0) is 30.3. The number of hydrogen-bond donors (Lipinski definition) is 4. The minimum absolute atomic E-state index is 0.00718. The van der Waals surface area contributed by atoms with E-state index in [1.54, 1.807) is 6.07 Å². The molecule has 0 atom stereocenters. The van der Waals surface area contributed by atoms with E-state index in [1.165, 1.54) is 30.3 Å². The van der Waals surface area contributed by atoms with Crippen LogP contribution in [0.25, 0.3) is 22.2 Å². The van der Waals surface area contributed by atoms with Gasteiger partial charge in [0.2, 0.25) is 11.7 Å². The van der Waals surface area contributed by atoms with Crippen molar-refractivity contribution in [1.82, 2.24) is 24.0 Å². The van der Waals surface area contributed by atoms with Crippen molar-refractivity contribution in [2.75, 3.05) is 24.2 Å². The number of nitrogens with two attached hydrogens (primary N) is 1. The number of hydrogen-bond acceptors (Lipinski definition) is 8. The first-order valence-corrected chi connectivity index (χ1v) is 13.0. The molecule has 1 saturated heterocycles. The van der Waals surface area contributed by atoms with Gasteiger partial charge in [-0.2, -0.15) is 4.39 Å². The first-order chi connectivity index (χ1) is 20.0. The van der Waals surface area contributed by atoms with Crippen LogP contribution in [0.2, 0.25) is 5.02 Å². The minimum atomic E-state index is -1.72. The minimum Gasteiger partial charge on any atom is -0.504 e. The Morgan fingerprint density at radius 3 is 2.64 bits per heavy atom. The summed E-state index contributed by atoms with van der Waals surface area (Å²) in [7, 11) is 3.40. The Morgan fingerprint density at radius 2 is 1.95 bits per heavy atom. The van der Waals surface area contributed by atoms with E-state index in [4.69, 9.17) is 17.3 Å². The maximum atomic E-state index is 15.0. The molecule has 1 aromatic carbocycles. The van der Waals surface area contributed by atoms with E-state index in [0.29, 0.717) is 5.82 Å². The van der Waals surface area contributed by atoms with Crippen molar-refractivity contribution in [2.45, 2.75) is 19.4 Å². The Bertz CT molecular complexity index is 1850. The maximum absolute atomic E-state index is 15.0. The van der Waals surface area contributed by atoms with Crippen molar-refractivity contribution in [2.24, 2.45) is 12.8 Å². The highest BCUT2D eigenvalue weighted by Crippen LogP contribution is 2.36. The van der Waals surface area contributed by atoms with Crippen LogP contribution in [0.1, 0.15) is 23.2 Å². The molecule has 0 spiro atoms. The highest BCUT2D eigenvalue weighted by Gasteiger charge is 2.26. The van der Waals surface area contributed by atoms with Gasteiger partial charge in [0.15, 0.2) is 11.6 Å². The molecule has 0 radical (unpaired) electrons. The molecule has 1 fully saturated rings. The molecule has 4 aromatic rings. The number of carbonyl (C=O) groups is 2. The van der Waals surface area contributed by atoms with Crippen LogP contribution in [0.5, 0.6) is 5.75 Å². The molecule has 0 saturated carbocycles. The van der Waals surface area contributed by atoms with Gasteiger partial charge in [0.1, 0.15) is 18.0 Å². The van der Waals surface area contributed by atoms with Crippen LogP contribution in [-0.4, -0.2) is 54.5 Å². The molecule has 0 aliphatic carbocycles. The van der Waals surface area contributed by atoms with Gasteiger partial charge in [-0.25, -0.2) is 14.4 Å². The average Bonchev–Trinajstić information content (AvgIpc) is 3.52. The quantitative estimate of drug-likeness (QED) is 0.252. The summed E-state index contributed by atoms with van der Waals surface area (Å²) in [4.78, 5) is 48.5. The molecule has 4 heterocycles. The van der Waals surface area contributed by atoms with Gasteiger partial charge in [0.25, 0.3) is 11.5 Å². The number of pyridine rings is 1. The topological polar surface area (TPSA) is 160 Å². The van der Waals surface area contributed by atoms with Crippen molar-refractivity contribution in [3.8, 4) is 16.9 Å². The molecule has 3 aromatic heterocycles. The van der Waals surface area contributed by atoms with Crippen LogP contribution in [-0.2, 0) is 18.4 Å². The summed E-state index contributed by atoms with van der Waals surface area (Å²) in [5.74, 6) is -5.84. The molecular weight excluding hydrogens is 574 g/mol. The van der Waals surface area contributed by atoms with Crippen molar-refractivity contribution >= 4 is 46.0 Å². The smallest absolute Gasteiger partial charge is 0.263 e. The average molecular weight is 599 g/mol. The van der Waals surface area contributed by atoms with Gasteiger partial charge in [-0.1, -0.05) is 11.6 Å². The number of allylic oxidation sites excluding steroid dienone is 1. The number of nitrogens with one attached hydrogen (secondary N) is 2. The fourth-order valence-electron chi connectivity index (χ4n) is 4.72. The second-order valence-electron chi connectivity index (χ2n) is 9.75. The second-order valence-corrected chi connectivity index (χ2v) is 10.2. The Balaban J connectivity index is 1.49. The van der Waals surface area contributed by atoms with Crippen molar-refractivity contribution in [3.63, 3.8) is 0 Å². The SMILES string of the molecule is CN1CCC/C1=C\Nc1cc(NC(=O)Cn2cc(-c3cc(C(N)=O)c(O)c(F)c3F)c3c(=O)n(C)cnc32)c(Cl)cn1. The van der Waals surface area contributed by atoms with Crippen molar-refractivity contribution in [3.05, 3.63) is 75.3 Å². The Kier molecular flexibility index (Phi) is 7.56. The molecule has 1 aliphatic rings. The van der Waals surface area contributed by atoms with Gasteiger partial charge in [-0.05, 0) is 18.9 Å². The molecule has 0 bridgehead atoms. The van der Waals surface area contributed by atoms with Crippen molar-refractivity contribution in [1.29, 1.82) is 0 Å². The highest BCUT2D eigenvalue weighted by molar-refractivity contribution is 6.33. The summed E-state index contributed by atoms with van der Waals surface area (Å²) in [6.07, 6.45) is 7.63. The van der Waals surface area contributed by atoms with E-state index >= 15 is 4.39 Å². The second kappa shape index (κ2) is 11.1. The number of amides is 2. The Morgan fingerprint density at radius 1 is 1.19 bits per heavy atom. The lowest BCUT2D eigenvalue weighted by Gasteiger charge is -2.13. The van der Waals surface area contributed by atoms with E-state index in [0.717, 1.165) is 35.7 Å². The highest BCUT2D eigenvalue weighted by atomic mass is 35.5. The third-order valence-corrected chi connectivity index (χ3v) is 7.22. The predicted octanol–water partition coefficient (Wildman–Crippen LogP) is 3.15. The first-order valence-electron chi connectivity index (χ1n) is 12.6. The zero-order valence-corrected chi connectivity index (χ0v) is 23.2. The molecule has 1 aliphatic heterocycles. The van der Waals surface area contributed by atoms with Gasteiger partial charge in [-0.3, -0.25) is 14.4 Å². The van der Waals surface area contributed by atoms with Crippen LogP contribution in [0.3, 0.4) is 0 Å². The third-order valence-electron chi connectivity index (χ3n) is 6.92. The van der Waals surface area contributed by atoms with E-state index in [-0.39, 0.29) is 27.3 Å². The lowest BCUT2D eigenvalue weighted by molar-refractivity contribution is -0.116. The maximum Gasteiger partial charge on any atom is 0.263 e. The lowest BCUT2D eigenvalue weighted by Crippen LogP contribution is -2.20. The molecule has 5 N–H and O–H groups in total. The van der Waals surface area contributed by atoms with Gasteiger partial charge < -0.3 is 35.5 Å².